The van der Waals surface area contributed by atoms with E-state index in [-0.39, 0.29) is 12.1 Å². The molecule has 2 unspecified atom stereocenters. The molecule has 4 heteroatoms. The van der Waals surface area contributed by atoms with Crippen LogP contribution in [-0.2, 0) is 12.8 Å². The van der Waals surface area contributed by atoms with E-state index in [1.165, 1.54) is 10.5 Å². The van der Waals surface area contributed by atoms with E-state index in [4.69, 9.17) is 0 Å². The Hall–Kier alpha value is -2.33. The van der Waals surface area contributed by atoms with Crippen molar-refractivity contribution < 1.29 is 9.90 Å². The van der Waals surface area contributed by atoms with Gasteiger partial charge in [-0.3, -0.25) is 0 Å². The molecular weight excluding hydrogens is 312 g/mol. The van der Waals surface area contributed by atoms with Crippen LogP contribution in [0, 0.1) is 0 Å². The van der Waals surface area contributed by atoms with Gasteiger partial charge in [0, 0.05) is 20.1 Å². The second-order valence-corrected chi connectivity index (χ2v) is 6.64. The number of benzene rings is 2. The van der Waals surface area contributed by atoms with E-state index < -0.39 is 6.10 Å². The number of urea groups is 1. The van der Waals surface area contributed by atoms with Gasteiger partial charge in [0.15, 0.2) is 0 Å². The molecule has 25 heavy (non-hydrogen) atoms. The van der Waals surface area contributed by atoms with E-state index in [2.05, 4.69) is 17.4 Å². The Morgan fingerprint density at radius 3 is 2.12 bits per heavy atom. The summed E-state index contributed by atoms with van der Waals surface area (Å²) < 4.78 is 0. The first-order valence-corrected chi connectivity index (χ1v) is 8.78. The van der Waals surface area contributed by atoms with Crippen LogP contribution in [0.4, 0.5) is 4.79 Å². The monoisotopic (exact) mass is 340 g/mol. The minimum Gasteiger partial charge on any atom is -0.393 e. The molecule has 4 nitrogen and oxygen atoms in total. The summed E-state index contributed by atoms with van der Waals surface area (Å²) in [6, 6.07) is 20.0. The Kier molecular flexibility index (Phi) is 7.48. The van der Waals surface area contributed by atoms with E-state index in [1.807, 2.05) is 48.5 Å². The molecule has 2 aromatic rings. The summed E-state index contributed by atoms with van der Waals surface area (Å²) in [4.78, 5) is 13.6. The van der Waals surface area contributed by atoms with Gasteiger partial charge >= 0.3 is 6.03 Å². The fourth-order valence-electron chi connectivity index (χ4n) is 2.82. The molecule has 0 aromatic heterocycles. The number of aliphatic hydroxyl groups excluding tert-OH is 1. The lowest BCUT2D eigenvalue weighted by molar-refractivity contribution is 0.139. The minimum atomic E-state index is -0.448. The summed E-state index contributed by atoms with van der Waals surface area (Å²) in [6.07, 6.45) is 2.33. The van der Waals surface area contributed by atoms with Crippen LogP contribution in [0.25, 0.3) is 0 Å². The Morgan fingerprint density at radius 1 is 1.00 bits per heavy atom. The van der Waals surface area contributed by atoms with Crippen molar-refractivity contribution in [1.29, 1.82) is 0 Å². The number of nitrogens with one attached hydrogen (secondary N) is 1. The normalized spacial score (nSPS) is 13.1. The predicted molar refractivity (Wildman–Crippen MR) is 102 cm³/mol. The van der Waals surface area contributed by atoms with Crippen LogP contribution in [-0.4, -0.2) is 42.3 Å². The van der Waals surface area contributed by atoms with E-state index in [0.717, 1.165) is 12.0 Å². The minimum absolute atomic E-state index is 0.0944. The molecule has 0 heterocycles. The first kappa shape index (κ1) is 19.0. The van der Waals surface area contributed by atoms with Gasteiger partial charge in [0.1, 0.15) is 0 Å². The topological polar surface area (TPSA) is 52.6 Å². The highest BCUT2D eigenvalue weighted by Crippen LogP contribution is 2.13. The summed E-state index contributed by atoms with van der Waals surface area (Å²) in [5.41, 5.74) is 2.38. The number of amides is 2. The summed E-state index contributed by atoms with van der Waals surface area (Å²) in [7, 11) is 3.45. The number of nitrogens with zero attached hydrogens (tertiary/aromatic N) is 1. The number of hydrogen-bond acceptors (Lipinski definition) is 2. The summed E-state index contributed by atoms with van der Waals surface area (Å²) in [6.45, 7) is 0. The zero-order valence-electron chi connectivity index (χ0n) is 15.1. The highest BCUT2D eigenvalue weighted by atomic mass is 16.3. The average Bonchev–Trinajstić information content (AvgIpc) is 2.61. The molecule has 2 aromatic carbocycles. The summed E-state index contributed by atoms with van der Waals surface area (Å²) in [5.74, 6) is 0. The van der Waals surface area contributed by atoms with Gasteiger partial charge in [-0.15, -0.1) is 0 Å². The highest BCUT2D eigenvalue weighted by molar-refractivity contribution is 5.73. The zero-order valence-corrected chi connectivity index (χ0v) is 15.1. The van der Waals surface area contributed by atoms with Crippen molar-refractivity contribution in [1.82, 2.24) is 10.2 Å². The van der Waals surface area contributed by atoms with Crippen molar-refractivity contribution in [2.24, 2.45) is 0 Å². The third-order valence-electron chi connectivity index (χ3n) is 4.22. The first-order chi connectivity index (χ1) is 12.0. The summed E-state index contributed by atoms with van der Waals surface area (Å²) >= 11 is 0. The number of aliphatic hydroxyl groups is 1. The molecule has 0 bridgehead atoms. The molecular formula is C21H28N2O2. The number of rotatable bonds is 8. The van der Waals surface area contributed by atoms with Crippen molar-refractivity contribution in [3.63, 3.8) is 0 Å². The van der Waals surface area contributed by atoms with Crippen LogP contribution in [0.2, 0.25) is 0 Å². The lowest BCUT2D eigenvalue weighted by atomic mass is 9.97. The maximum absolute atomic E-state index is 12.0. The van der Waals surface area contributed by atoms with E-state index in [0.29, 0.717) is 19.3 Å². The number of carbonyl (C=O) groups is 1. The highest BCUT2D eigenvalue weighted by Gasteiger charge is 2.18. The fourth-order valence-corrected chi connectivity index (χ4v) is 2.82. The Balaban J connectivity index is 1.92. The van der Waals surface area contributed by atoms with Gasteiger partial charge in [0.05, 0.1) is 6.10 Å². The Labute approximate surface area is 150 Å². The lowest BCUT2D eigenvalue weighted by Gasteiger charge is -2.24. The molecule has 134 valence electrons. The zero-order chi connectivity index (χ0) is 18.1. The largest absolute Gasteiger partial charge is 0.393 e. The van der Waals surface area contributed by atoms with Crippen LogP contribution < -0.4 is 5.32 Å². The molecule has 0 aliphatic rings. The quantitative estimate of drug-likeness (QED) is 0.775. The van der Waals surface area contributed by atoms with Gasteiger partial charge in [0.2, 0.25) is 0 Å². The predicted octanol–water partition coefficient (Wildman–Crippen LogP) is 3.25. The molecule has 0 radical (unpaired) electrons. The maximum atomic E-state index is 12.0. The molecule has 0 aliphatic heterocycles. The standard InChI is InChI=1S/C21H28N2O2/c1-23(2)21(25)22-19(15-18-11-7-4-8-12-18)16-20(24)14-13-17-9-5-3-6-10-17/h3-12,19-20,24H,13-16H2,1-2H3,(H,22,25). The lowest BCUT2D eigenvalue weighted by Crippen LogP contribution is -2.44. The van der Waals surface area contributed by atoms with Crippen LogP contribution in [0.3, 0.4) is 0 Å². The molecule has 2 rings (SSSR count). The number of aryl methyl sites for hydroxylation is 1. The van der Waals surface area contributed by atoms with Gasteiger partial charge in [-0.25, -0.2) is 4.79 Å². The Morgan fingerprint density at radius 2 is 1.56 bits per heavy atom. The number of hydrogen-bond donors (Lipinski definition) is 2. The van der Waals surface area contributed by atoms with Gasteiger partial charge in [-0.05, 0) is 36.8 Å². The van der Waals surface area contributed by atoms with Gasteiger partial charge in [0.25, 0.3) is 0 Å². The maximum Gasteiger partial charge on any atom is 0.317 e. The van der Waals surface area contributed by atoms with E-state index in [9.17, 15) is 9.90 Å². The molecule has 0 aliphatic carbocycles. The first-order valence-electron chi connectivity index (χ1n) is 8.78. The summed E-state index contributed by atoms with van der Waals surface area (Å²) in [5, 5.41) is 13.5. The van der Waals surface area contributed by atoms with Crippen LogP contribution in [0.5, 0.6) is 0 Å². The molecule has 0 spiro atoms. The SMILES string of the molecule is CN(C)C(=O)NC(Cc1ccccc1)CC(O)CCc1ccccc1. The second kappa shape index (κ2) is 9.84. The molecule has 0 saturated heterocycles. The fraction of sp³-hybridized carbons (Fsp3) is 0.381. The van der Waals surface area contributed by atoms with E-state index >= 15 is 0 Å². The average molecular weight is 340 g/mol. The third-order valence-corrected chi connectivity index (χ3v) is 4.22. The second-order valence-electron chi connectivity index (χ2n) is 6.64. The van der Waals surface area contributed by atoms with E-state index in [1.54, 1.807) is 14.1 Å². The van der Waals surface area contributed by atoms with Gasteiger partial charge in [-0.2, -0.15) is 0 Å². The van der Waals surface area contributed by atoms with Crippen molar-refractivity contribution in [2.75, 3.05) is 14.1 Å². The third kappa shape index (κ3) is 6.98. The van der Waals surface area contributed by atoms with Crippen molar-refractivity contribution in [2.45, 2.75) is 37.8 Å². The molecule has 0 saturated carbocycles. The van der Waals surface area contributed by atoms with Crippen LogP contribution in [0.15, 0.2) is 60.7 Å². The van der Waals surface area contributed by atoms with Crippen LogP contribution >= 0.6 is 0 Å². The molecule has 0 fully saturated rings. The molecule has 2 N–H and O–H groups in total. The smallest absolute Gasteiger partial charge is 0.317 e. The molecule has 2 amide bonds. The van der Waals surface area contributed by atoms with Gasteiger partial charge in [-0.1, -0.05) is 60.7 Å². The van der Waals surface area contributed by atoms with Crippen molar-refractivity contribution >= 4 is 6.03 Å². The number of carbonyl (C=O) groups excluding carboxylic acids is 1. The van der Waals surface area contributed by atoms with Gasteiger partial charge < -0.3 is 15.3 Å². The van der Waals surface area contributed by atoms with Crippen molar-refractivity contribution in [3.05, 3.63) is 71.8 Å². The van der Waals surface area contributed by atoms with Crippen molar-refractivity contribution in [3.8, 4) is 0 Å². The Bertz CT molecular complexity index is 629. The van der Waals surface area contributed by atoms with Crippen LogP contribution in [0.1, 0.15) is 24.0 Å². The molecule has 2 atom stereocenters.